The second-order valence-corrected chi connectivity index (χ2v) is 9.15. The van der Waals surface area contributed by atoms with Gasteiger partial charge in [0, 0.05) is 23.1 Å². The predicted molar refractivity (Wildman–Crippen MR) is 120 cm³/mol. The zero-order valence-electron chi connectivity index (χ0n) is 19.3. The molecule has 0 saturated carbocycles. The van der Waals surface area contributed by atoms with Crippen LogP contribution < -0.4 is 4.74 Å². The maximum Gasteiger partial charge on any atom is 0.426 e. The average molecular weight is 506 g/mol. The molecule has 0 aromatic heterocycles. The third-order valence-electron chi connectivity index (χ3n) is 6.48. The van der Waals surface area contributed by atoms with Crippen molar-refractivity contribution in [3.63, 3.8) is 0 Å². The smallest absolute Gasteiger partial charge is 0.426 e. The van der Waals surface area contributed by atoms with E-state index in [4.69, 9.17) is 14.2 Å². The van der Waals surface area contributed by atoms with Gasteiger partial charge in [0.1, 0.15) is 5.75 Å². The van der Waals surface area contributed by atoms with Gasteiger partial charge in [0.15, 0.2) is 17.5 Å². The van der Waals surface area contributed by atoms with Crippen LogP contribution in [0.3, 0.4) is 0 Å². The van der Waals surface area contributed by atoms with Gasteiger partial charge in [-0.3, -0.25) is 0 Å². The van der Waals surface area contributed by atoms with E-state index in [-0.39, 0.29) is 5.41 Å². The van der Waals surface area contributed by atoms with Crippen molar-refractivity contribution >= 4 is 0 Å². The van der Waals surface area contributed by atoms with Gasteiger partial charge in [-0.05, 0) is 29.7 Å². The molecule has 3 saturated heterocycles. The Morgan fingerprint density at radius 1 is 0.806 bits per heavy atom. The number of hydrogen-bond donors (Lipinski definition) is 0. The highest BCUT2D eigenvalue weighted by Crippen LogP contribution is 2.46. The van der Waals surface area contributed by atoms with Crippen molar-refractivity contribution in [3.05, 3.63) is 89.2 Å². The first-order valence-corrected chi connectivity index (χ1v) is 11.5. The summed E-state index contributed by atoms with van der Waals surface area (Å²) < 4.78 is 91.2. The molecule has 6 rings (SSSR count). The van der Waals surface area contributed by atoms with Crippen LogP contribution in [0, 0.1) is 22.9 Å². The van der Waals surface area contributed by atoms with E-state index >= 15 is 0 Å². The Labute approximate surface area is 204 Å². The van der Waals surface area contributed by atoms with Crippen molar-refractivity contribution in [3.8, 4) is 16.9 Å². The van der Waals surface area contributed by atoms with Crippen LogP contribution in [0.4, 0.5) is 22.0 Å². The molecule has 0 unspecified atom stereocenters. The summed E-state index contributed by atoms with van der Waals surface area (Å²) in [6, 6.07) is 13.2. The molecule has 4 nitrogen and oxygen atoms in total. The molecule has 9 heteroatoms. The Hall–Kier alpha value is -3.01. The van der Waals surface area contributed by atoms with Crippen molar-refractivity contribution in [2.45, 2.75) is 31.8 Å². The highest BCUT2D eigenvalue weighted by atomic mass is 19.3. The topological polar surface area (TPSA) is 36.9 Å². The second-order valence-electron chi connectivity index (χ2n) is 9.15. The van der Waals surface area contributed by atoms with Crippen molar-refractivity contribution in [2.24, 2.45) is 5.41 Å². The Kier molecular flexibility index (Phi) is 6.26. The fourth-order valence-electron chi connectivity index (χ4n) is 4.51. The highest BCUT2D eigenvalue weighted by Gasteiger charge is 2.53. The molecule has 3 aromatic rings. The Morgan fingerprint density at radius 2 is 1.31 bits per heavy atom. The van der Waals surface area contributed by atoms with E-state index in [2.05, 4.69) is 11.7 Å². The minimum atomic E-state index is -3.90. The number of fused-ring (bicyclic) bond motifs is 3. The van der Waals surface area contributed by atoms with Gasteiger partial charge >= 0.3 is 12.1 Å². The standard InChI is InChI=1S/C27H23F5O4/c1-2-11-25-14-33-27(34-15-25,35-16-25)20-9-5-18(6-10-20)17-3-7-19(8-4-17)26(31,32)36-21-12-22(28)24(30)23(29)13-21/h3-10,12-13H,2,11,14-16H2,1H3. The number of alkyl halides is 2. The quantitative estimate of drug-likeness (QED) is 0.259. The third kappa shape index (κ3) is 4.47. The maximum atomic E-state index is 14.6. The van der Waals surface area contributed by atoms with Gasteiger partial charge in [-0.1, -0.05) is 49.7 Å². The summed E-state index contributed by atoms with van der Waals surface area (Å²) in [5.74, 6) is -7.08. The molecule has 3 aliphatic heterocycles. The lowest BCUT2D eigenvalue weighted by atomic mass is 9.83. The Morgan fingerprint density at radius 3 is 1.81 bits per heavy atom. The minimum Gasteiger partial charge on any atom is -0.429 e. The van der Waals surface area contributed by atoms with Crippen LogP contribution in [0.15, 0.2) is 60.7 Å². The summed E-state index contributed by atoms with van der Waals surface area (Å²) in [6.07, 6.45) is -1.93. The summed E-state index contributed by atoms with van der Waals surface area (Å²) in [5, 5.41) is 0. The van der Waals surface area contributed by atoms with Gasteiger partial charge in [-0.2, -0.15) is 8.78 Å². The summed E-state index contributed by atoms with van der Waals surface area (Å²) in [6.45, 7) is 3.77. The molecule has 3 heterocycles. The van der Waals surface area contributed by atoms with Crippen LogP contribution in [-0.4, -0.2) is 19.8 Å². The summed E-state index contributed by atoms with van der Waals surface area (Å²) in [7, 11) is 0. The largest absolute Gasteiger partial charge is 0.429 e. The summed E-state index contributed by atoms with van der Waals surface area (Å²) in [5.41, 5.74) is 1.45. The monoisotopic (exact) mass is 506 g/mol. The van der Waals surface area contributed by atoms with E-state index in [9.17, 15) is 22.0 Å². The number of rotatable bonds is 7. The van der Waals surface area contributed by atoms with Crippen LogP contribution >= 0.6 is 0 Å². The Bertz CT molecular complexity index is 1200. The molecule has 3 fully saturated rings. The van der Waals surface area contributed by atoms with Crippen LogP contribution in [0.5, 0.6) is 5.75 Å². The van der Waals surface area contributed by atoms with Crippen molar-refractivity contribution < 1.29 is 40.9 Å². The molecule has 36 heavy (non-hydrogen) atoms. The summed E-state index contributed by atoms with van der Waals surface area (Å²) in [4.78, 5) is 0. The van der Waals surface area contributed by atoms with E-state index in [0.29, 0.717) is 43.1 Å². The molecule has 0 amide bonds. The lowest BCUT2D eigenvalue weighted by Gasteiger charge is -2.51. The van der Waals surface area contributed by atoms with Gasteiger partial charge in [0.05, 0.1) is 25.4 Å². The number of hydrogen-bond acceptors (Lipinski definition) is 4. The SMILES string of the molecule is CCCC12COC(c3ccc(-c4ccc(C(F)(F)Oc5cc(F)c(F)c(F)c5)cc4)cc3)(OC1)OC2. The van der Waals surface area contributed by atoms with Gasteiger partial charge in [0.25, 0.3) is 0 Å². The fourth-order valence-corrected chi connectivity index (χ4v) is 4.51. The van der Waals surface area contributed by atoms with Crippen molar-refractivity contribution in [1.82, 2.24) is 0 Å². The van der Waals surface area contributed by atoms with E-state index in [1.807, 2.05) is 0 Å². The first kappa shape index (κ1) is 24.7. The molecular weight excluding hydrogens is 483 g/mol. The first-order chi connectivity index (χ1) is 17.2. The molecule has 3 aromatic carbocycles. The van der Waals surface area contributed by atoms with Crippen molar-refractivity contribution in [2.75, 3.05) is 19.8 Å². The average Bonchev–Trinajstić information content (AvgIpc) is 2.88. The predicted octanol–water partition coefficient (Wildman–Crippen LogP) is 6.87. The molecule has 0 aliphatic carbocycles. The van der Waals surface area contributed by atoms with Gasteiger partial charge in [0.2, 0.25) is 0 Å². The molecule has 0 radical (unpaired) electrons. The van der Waals surface area contributed by atoms with Crippen LogP contribution in [0.25, 0.3) is 11.1 Å². The van der Waals surface area contributed by atoms with Crippen LogP contribution in [0.1, 0.15) is 30.9 Å². The third-order valence-corrected chi connectivity index (χ3v) is 6.48. The second kappa shape index (κ2) is 9.14. The van der Waals surface area contributed by atoms with E-state index in [1.165, 1.54) is 12.1 Å². The van der Waals surface area contributed by atoms with E-state index in [0.717, 1.165) is 30.5 Å². The molecule has 3 aliphatic rings. The number of halogens is 5. The molecule has 2 bridgehead atoms. The number of benzene rings is 3. The van der Waals surface area contributed by atoms with E-state index < -0.39 is 40.8 Å². The Balaban J connectivity index is 1.29. The van der Waals surface area contributed by atoms with Crippen molar-refractivity contribution in [1.29, 1.82) is 0 Å². The maximum absolute atomic E-state index is 14.6. The molecular formula is C27H23F5O4. The van der Waals surface area contributed by atoms with Crippen LogP contribution in [-0.2, 0) is 26.3 Å². The molecule has 0 atom stereocenters. The fraction of sp³-hybridized carbons (Fsp3) is 0.333. The van der Waals surface area contributed by atoms with E-state index in [1.54, 1.807) is 24.3 Å². The van der Waals surface area contributed by atoms with Gasteiger partial charge < -0.3 is 18.9 Å². The lowest BCUT2D eigenvalue weighted by Crippen LogP contribution is -2.58. The first-order valence-electron chi connectivity index (χ1n) is 11.5. The van der Waals surface area contributed by atoms with Gasteiger partial charge in [-0.15, -0.1) is 0 Å². The minimum absolute atomic E-state index is 0.108. The lowest BCUT2D eigenvalue weighted by molar-refractivity contribution is -0.480. The molecule has 0 spiro atoms. The van der Waals surface area contributed by atoms with Crippen LogP contribution in [0.2, 0.25) is 0 Å². The normalized spacial score (nSPS) is 23.6. The number of ether oxygens (including phenoxy) is 4. The zero-order chi connectivity index (χ0) is 25.6. The molecule has 190 valence electrons. The summed E-state index contributed by atoms with van der Waals surface area (Å²) >= 11 is 0. The molecule has 0 N–H and O–H groups in total. The highest BCUT2D eigenvalue weighted by molar-refractivity contribution is 5.64. The zero-order valence-corrected chi connectivity index (χ0v) is 19.3. The van der Waals surface area contributed by atoms with Gasteiger partial charge in [-0.25, -0.2) is 13.2 Å².